The Hall–Kier alpha value is -2.96. The molecule has 120 valence electrons. The van der Waals surface area contributed by atoms with Crippen LogP contribution in [0, 0.1) is 0 Å². The number of carbonyl (C=O) groups excluding carboxylic acids is 2. The van der Waals surface area contributed by atoms with Crippen LogP contribution in [-0.2, 0) is 9.53 Å². The zero-order valence-corrected chi connectivity index (χ0v) is 12.8. The lowest BCUT2D eigenvalue weighted by atomic mass is 10.0. The summed E-state index contributed by atoms with van der Waals surface area (Å²) in [7, 11) is 0. The van der Waals surface area contributed by atoms with Crippen LogP contribution < -0.4 is 5.32 Å². The first-order valence-corrected chi connectivity index (χ1v) is 7.08. The van der Waals surface area contributed by atoms with Crippen LogP contribution in [0.2, 0.25) is 0 Å². The molecule has 23 heavy (non-hydrogen) atoms. The van der Waals surface area contributed by atoms with E-state index in [2.05, 4.69) is 15.3 Å². The largest absolute Gasteiger partial charge is 0.506 e. The number of carbonyl (C=O) groups is 2. The fourth-order valence-corrected chi connectivity index (χ4v) is 1.91. The van der Waals surface area contributed by atoms with Gasteiger partial charge in [0.1, 0.15) is 12.1 Å². The molecule has 0 fully saturated rings. The van der Waals surface area contributed by atoms with Gasteiger partial charge >= 0.3 is 5.97 Å². The number of nitrogens with zero attached hydrogens (tertiary/aromatic N) is 2. The van der Waals surface area contributed by atoms with Crippen molar-refractivity contribution in [2.75, 3.05) is 11.9 Å². The molecular weight excluding hydrogens is 298 g/mol. The summed E-state index contributed by atoms with van der Waals surface area (Å²) < 4.78 is 4.85. The molecule has 2 rings (SSSR count). The molecule has 2 aromatic rings. The number of phenols is 1. The molecule has 1 atom stereocenters. The Balaban J connectivity index is 2.11. The molecule has 1 aromatic heterocycles. The number of ether oxygens (including phenoxy) is 1. The van der Waals surface area contributed by atoms with Crippen LogP contribution in [0.1, 0.15) is 35.7 Å². The topological polar surface area (TPSA) is 101 Å². The SMILES string of the molecule is CCOC(=O)c1ccc(NC(=O)[C@@H](C)c2cncnc2)c(O)c1. The lowest BCUT2D eigenvalue weighted by Gasteiger charge is -2.13. The van der Waals surface area contributed by atoms with E-state index in [0.29, 0.717) is 5.56 Å². The van der Waals surface area contributed by atoms with Gasteiger partial charge in [0.05, 0.1) is 23.8 Å². The van der Waals surface area contributed by atoms with E-state index in [1.807, 2.05) is 0 Å². The Kier molecular flexibility index (Phi) is 5.24. The summed E-state index contributed by atoms with van der Waals surface area (Å²) in [5.74, 6) is -1.55. The van der Waals surface area contributed by atoms with Crippen LogP contribution in [-0.4, -0.2) is 33.6 Å². The number of anilines is 1. The molecule has 0 bridgehead atoms. The third-order valence-electron chi connectivity index (χ3n) is 3.24. The summed E-state index contributed by atoms with van der Waals surface area (Å²) >= 11 is 0. The van der Waals surface area contributed by atoms with Gasteiger partial charge < -0.3 is 15.2 Å². The van der Waals surface area contributed by atoms with Gasteiger partial charge in [0.25, 0.3) is 0 Å². The van der Waals surface area contributed by atoms with E-state index in [1.165, 1.54) is 24.5 Å². The Bertz CT molecular complexity index is 704. The van der Waals surface area contributed by atoms with E-state index < -0.39 is 11.9 Å². The number of esters is 1. The highest BCUT2D eigenvalue weighted by atomic mass is 16.5. The molecule has 0 aliphatic carbocycles. The summed E-state index contributed by atoms with van der Waals surface area (Å²) in [6, 6.07) is 4.18. The summed E-state index contributed by atoms with van der Waals surface area (Å²) in [6.07, 6.45) is 4.50. The van der Waals surface area contributed by atoms with Crippen LogP contribution in [0.3, 0.4) is 0 Å². The van der Waals surface area contributed by atoms with Gasteiger partial charge in [-0.2, -0.15) is 0 Å². The van der Waals surface area contributed by atoms with Crippen molar-refractivity contribution in [1.29, 1.82) is 0 Å². The monoisotopic (exact) mass is 315 g/mol. The highest BCUT2D eigenvalue weighted by Crippen LogP contribution is 2.26. The standard InChI is InChI=1S/C16H17N3O4/c1-3-23-16(22)11-4-5-13(14(20)6-11)19-15(21)10(2)12-7-17-9-18-8-12/h4-10,20H,3H2,1-2H3,(H,19,21)/t10-/m0/s1. The molecule has 0 aliphatic heterocycles. The molecule has 0 unspecified atom stereocenters. The van der Waals surface area contributed by atoms with Gasteiger partial charge in [0.15, 0.2) is 0 Å². The summed E-state index contributed by atoms with van der Waals surface area (Å²) in [4.78, 5) is 31.5. The zero-order valence-electron chi connectivity index (χ0n) is 12.8. The van der Waals surface area contributed by atoms with Gasteiger partial charge in [-0.15, -0.1) is 0 Å². The van der Waals surface area contributed by atoms with Crippen molar-refractivity contribution in [1.82, 2.24) is 9.97 Å². The van der Waals surface area contributed by atoms with Crippen molar-refractivity contribution in [2.45, 2.75) is 19.8 Å². The van der Waals surface area contributed by atoms with E-state index >= 15 is 0 Å². The minimum atomic E-state index is -0.532. The zero-order chi connectivity index (χ0) is 16.8. The molecule has 2 N–H and O–H groups in total. The van der Waals surface area contributed by atoms with Crippen LogP contribution in [0.15, 0.2) is 36.9 Å². The maximum Gasteiger partial charge on any atom is 0.338 e. The van der Waals surface area contributed by atoms with Crippen LogP contribution in [0.4, 0.5) is 5.69 Å². The number of aromatic hydroxyl groups is 1. The number of rotatable bonds is 5. The number of phenolic OH excluding ortho intramolecular Hbond substituents is 1. The predicted molar refractivity (Wildman–Crippen MR) is 83.1 cm³/mol. The molecule has 0 saturated carbocycles. The predicted octanol–water partition coefficient (Wildman–Crippen LogP) is 2.10. The maximum absolute atomic E-state index is 12.2. The second-order valence-corrected chi connectivity index (χ2v) is 4.84. The van der Waals surface area contributed by atoms with E-state index in [4.69, 9.17) is 4.74 Å². The smallest absolute Gasteiger partial charge is 0.338 e. The Labute approximate surface area is 133 Å². The van der Waals surface area contributed by atoms with Crippen molar-refractivity contribution in [3.05, 3.63) is 48.0 Å². The molecule has 0 aliphatic rings. The fraction of sp³-hybridized carbons (Fsp3) is 0.250. The first-order chi connectivity index (χ1) is 11.0. The molecule has 1 aromatic carbocycles. The lowest BCUT2D eigenvalue weighted by Crippen LogP contribution is -2.19. The number of hydrogen-bond donors (Lipinski definition) is 2. The number of benzene rings is 1. The van der Waals surface area contributed by atoms with Gasteiger partial charge in [-0.1, -0.05) is 0 Å². The van der Waals surface area contributed by atoms with E-state index in [-0.39, 0.29) is 29.5 Å². The lowest BCUT2D eigenvalue weighted by molar-refractivity contribution is -0.117. The number of aromatic nitrogens is 2. The van der Waals surface area contributed by atoms with E-state index in [9.17, 15) is 14.7 Å². The molecular formula is C16H17N3O4. The quantitative estimate of drug-likeness (QED) is 0.647. The maximum atomic E-state index is 12.2. The van der Waals surface area contributed by atoms with Crippen molar-refractivity contribution >= 4 is 17.6 Å². The van der Waals surface area contributed by atoms with E-state index in [1.54, 1.807) is 26.2 Å². The van der Waals surface area contributed by atoms with Crippen LogP contribution in [0.25, 0.3) is 0 Å². The van der Waals surface area contributed by atoms with Crippen LogP contribution >= 0.6 is 0 Å². The molecule has 0 saturated heterocycles. The molecule has 7 nitrogen and oxygen atoms in total. The normalized spacial score (nSPS) is 11.6. The second-order valence-electron chi connectivity index (χ2n) is 4.84. The van der Waals surface area contributed by atoms with Gasteiger partial charge in [-0.3, -0.25) is 4.79 Å². The van der Waals surface area contributed by atoms with Gasteiger partial charge in [-0.05, 0) is 32.0 Å². The van der Waals surface area contributed by atoms with Gasteiger partial charge in [0.2, 0.25) is 5.91 Å². The Morgan fingerprint density at radius 1 is 1.30 bits per heavy atom. The molecule has 1 amide bonds. The number of amides is 1. The minimum absolute atomic E-state index is 0.208. The highest BCUT2D eigenvalue weighted by molar-refractivity contribution is 5.98. The highest BCUT2D eigenvalue weighted by Gasteiger charge is 2.18. The van der Waals surface area contributed by atoms with E-state index in [0.717, 1.165) is 0 Å². The second kappa shape index (κ2) is 7.35. The van der Waals surface area contributed by atoms with Crippen molar-refractivity contribution < 1.29 is 19.4 Å². The van der Waals surface area contributed by atoms with Crippen LogP contribution in [0.5, 0.6) is 5.75 Å². The Morgan fingerprint density at radius 2 is 2.00 bits per heavy atom. The number of nitrogens with one attached hydrogen (secondary N) is 1. The molecule has 0 radical (unpaired) electrons. The first-order valence-electron chi connectivity index (χ1n) is 7.08. The van der Waals surface area contributed by atoms with Gasteiger partial charge in [-0.25, -0.2) is 14.8 Å². The Morgan fingerprint density at radius 3 is 2.61 bits per heavy atom. The average molecular weight is 315 g/mol. The first kappa shape index (κ1) is 16.4. The third kappa shape index (κ3) is 4.03. The number of hydrogen-bond acceptors (Lipinski definition) is 6. The van der Waals surface area contributed by atoms with Crippen molar-refractivity contribution in [2.24, 2.45) is 0 Å². The molecule has 0 spiro atoms. The minimum Gasteiger partial charge on any atom is -0.506 e. The van der Waals surface area contributed by atoms with Gasteiger partial charge in [0, 0.05) is 18.0 Å². The summed E-state index contributed by atoms with van der Waals surface area (Å²) in [5.41, 5.74) is 1.09. The third-order valence-corrected chi connectivity index (χ3v) is 3.24. The summed E-state index contributed by atoms with van der Waals surface area (Å²) in [6.45, 7) is 3.65. The summed E-state index contributed by atoms with van der Waals surface area (Å²) in [5, 5.41) is 12.6. The fourth-order valence-electron chi connectivity index (χ4n) is 1.91. The van der Waals surface area contributed by atoms with Crippen molar-refractivity contribution in [3.63, 3.8) is 0 Å². The molecule has 1 heterocycles. The average Bonchev–Trinajstić information content (AvgIpc) is 2.56. The van der Waals surface area contributed by atoms with Crippen molar-refractivity contribution in [3.8, 4) is 5.75 Å². The molecule has 7 heteroatoms.